The summed E-state index contributed by atoms with van der Waals surface area (Å²) >= 11 is 0. The molecule has 4 aromatic carbocycles. The predicted octanol–water partition coefficient (Wildman–Crippen LogP) is 5.17. The Morgan fingerprint density at radius 1 is 0.885 bits per heavy atom. The van der Waals surface area contributed by atoms with E-state index in [2.05, 4.69) is 36.0 Å². The van der Waals surface area contributed by atoms with Crippen LogP contribution in [0.3, 0.4) is 0 Å². The number of aryl methyl sites for hydroxylation is 1. The maximum Gasteiger partial charge on any atom is 0.247 e. The SMILES string of the molecule is Cc1ccc(S(=O)(=O)NCc2ccccc2)cc1-c1cccc(C[C@H](NC(=O)[C@H]2CC[C@H](CN)CC2)C(=O)Nc2ccc(-c3nnn[nH]3)cc2)c1.Cl. The van der Waals surface area contributed by atoms with Gasteiger partial charge in [0.15, 0.2) is 5.82 Å². The van der Waals surface area contributed by atoms with Gasteiger partial charge in [-0.2, -0.15) is 0 Å². The van der Waals surface area contributed by atoms with Crippen molar-refractivity contribution in [3.8, 4) is 22.5 Å². The van der Waals surface area contributed by atoms with E-state index >= 15 is 0 Å². The topological polar surface area (TPSA) is 185 Å². The van der Waals surface area contributed by atoms with Crippen molar-refractivity contribution < 1.29 is 18.0 Å². The average Bonchev–Trinajstić information content (AvgIpc) is 3.70. The number of amides is 2. The van der Waals surface area contributed by atoms with Crippen LogP contribution in [-0.2, 0) is 32.6 Å². The number of H-pyrrole nitrogens is 1. The average molecular weight is 743 g/mol. The first-order valence-corrected chi connectivity index (χ1v) is 18.6. The van der Waals surface area contributed by atoms with Gasteiger partial charge in [0, 0.05) is 30.1 Å². The first kappa shape index (κ1) is 38.3. The number of hydrogen-bond acceptors (Lipinski definition) is 8. The Kier molecular flexibility index (Phi) is 12.9. The molecule has 1 aromatic heterocycles. The smallest absolute Gasteiger partial charge is 0.247 e. The van der Waals surface area contributed by atoms with E-state index in [0.717, 1.165) is 59.1 Å². The lowest BCUT2D eigenvalue weighted by Crippen LogP contribution is -2.48. The summed E-state index contributed by atoms with van der Waals surface area (Å²) < 4.78 is 29.2. The number of nitrogens with two attached hydrogens (primary N) is 1. The molecule has 272 valence electrons. The molecule has 0 bridgehead atoms. The van der Waals surface area contributed by atoms with Gasteiger partial charge < -0.3 is 16.4 Å². The molecule has 0 radical (unpaired) electrons. The minimum absolute atomic E-state index is 0. The second-order valence-corrected chi connectivity index (χ2v) is 14.8. The van der Waals surface area contributed by atoms with Gasteiger partial charge in [0.05, 0.1) is 4.90 Å². The molecule has 2 amide bonds. The fourth-order valence-corrected chi connectivity index (χ4v) is 7.46. The number of benzene rings is 4. The summed E-state index contributed by atoms with van der Waals surface area (Å²) in [4.78, 5) is 27.5. The number of aromatic nitrogens is 4. The van der Waals surface area contributed by atoms with Crippen LogP contribution in [0.25, 0.3) is 22.5 Å². The van der Waals surface area contributed by atoms with Gasteiger partial charge in [-0.25, -0.2) is 18.2 Å². The third-order valence-corrected chi connectivity index (χ3v) is 10.9. The van der Waals surface area contributed by atoms with Gasteiger partial charge in [0.2, 0.25) is 21.8 Å². The zero-order valence-electron chi connectivity index (χ0n) is 28.8. The fraction of sp³-hybridized carbons (Fsp3) is 0.289. The van der Waals surface area contributed by atoms with Gasteiger partial charge in [0.25, 0.3) is 0 Å². The van der Waals surface area contributed by atoms with Crippen LogP contribution in [0, 0.1) is 18.8 Å². The number of nitrogens with zero attached hydrogens (tertiary/aromatic N) is 3. The van der Waals surface area contributed by atoms with Crippen LogP contribution in [0.1, 0.15) is 42.4 Å². The molecule has 6 N–H and O–H groups in total. The Morgan fingerprint density at radius 2 is 1.62 bits per heavy atom. The third kappa shape index (κ3) is 9.68. The maximum absolute atomic E-state index is 13.8. The Hall–Kier alpha value is -4.95. The largest absolute Gasteiger partial charge is 0.344 e. The predicted molar refractivity (Wildman–Crippen MR) is 203 cm³/mol. The first-order valence-electron chi connectivity index (χ1n) is 17.1. The summed E-state index contributed by atoms with van der Waals surface area (Å²) in [6.07, 6.45) is 3.45. The molecule has 1 aliphatic rings. The van der Waals surface area contributed by atoms with Crippen LogP contribution in [0.2, 0.25) is 0 Å². The van der Waals surface area contributed by atoms with E-state index in [1.165, 1.54) is 0 Å². The Balaban J connectivity index is 0.00000523. The first-order chi connectivity index (χ1) is 24.7. The van der Waals surface area contributed by atoms with Gasteiger partial charge in [-0.05, 0) is 120 Å². The van der Waals surface area contributed by atoms with Crippen molar-refractivity contribution in [1.82, 2.24) is 30.7 Å². The number of hydrogen-bond donors (Lipinski definition) is 5. The molecular weight excluding hydrogens is 700 g/mol. The highest BCUT2D eigenvalue weighted by Crippen LogP contribution is 2.30. The third-order valence-electron chi connectivity index (χ3n) is 9.46. The van der Waals surface area contributed by atoms with Gasteiger partial charge >= 0.3 is 0 Å². The van der Waals surface area contributed by atoms with Gasteiger partial charge in [-0.1, -0.05) is 60.7 Å². The summed E-state index contributed by atoms with van der Waals surface area (Å²) in [7, 11) is -3.79. The van der Waals surface area contributed by atoms with Crippen molar-refractivity contribution in [1.29, 1.82) is 0 Å². The summed E-state index contributed by atoms with van der Waals surface area (Å²) in [5, 5.41) is 19.8. The summed E-state index contributed by atoms with van der Waals surface area (Å²) in [6.45, 7) is 2.71. The van der Waals surface area contributed by atoms with E-state index in [1.54, 1.807) is 42.5 Å². The molecular formula is C38H43ClN8O4S. The Morgan fingerprint density at radius 3 is 2.31 bits per heavy atom. The molecule has 1 saturated carbocycles. The normalized spacial score (nSPS) is 16.3. The number of nitrogens with one attached hydrogen (secondary N) is 4. The lowest BCUT2D eigenvalue weighted by molar-refractivity contribution is -0.130. The van der Waals surface area contributed by atoms with E-state index in [1.807, 2.05) is 61.5 Å². The van der Waals surface area contributed by atoms with Crippen molar-refractivity contribution >= 4 is 39.9 Å². The molecule has 52 heavy (non-hydrogen) atoms. The van der Waals surface area contributed by atoms with E-state index in [4.69, 9.17) is 5.73 Å². The van der Waals surface area contributed by atoms with Crippen LogP contribution in [0.4, 0.5) is 5.69 Å². The maximum atomic E-state index is 13.8. The molecule has 1 fully saturated rings. The molecule has 12 nitrogen and oxygen atoms in total. The summed E-state index contributed by atoms with van der Waals surface area (Å²) in [6, 6.07) is 28.3. The zero-order valence-corrected chi connectivity index (χ0v) is 30.4. The van der Waals surface area contributed by atoms with Crippen molar-refractivity contribution in [3.05, 3.63) is 114 Å². The van der Waals surface area contributed by atoms with Crippen LogP contribution in [0.5, 0.6) is 0 Å². The summed E-state index contributed by atoms with van der Waals surface area (Å²) in [5.74, 6) is 0.235. The fourth-order valence-electron chi connectivity index (χ4n) is 6.42. The van der Waals surface area contributed by atoms with E-state index in [-0.39, 0.29) is 48.0 Å². The lowest BCUT2D eigenvalue weighted by Gasteiger charge is -2.28. The molecule has 0 spiro atoms. The Labute approximate surface area is 309 Å². The highest BCUT2D eigenvalue weighted by Gasteiger charge is 2.29. The number of carbonyl (C=O) groups is 2. The zero-order chi connectivity index (χ0) is 35.8. The molecule has 5 aromatic rings. The van der Waals surface area contributed by atoms with Crippen molar-refractivity contribution in [2.24, 2.45) is 17.6 Å². The number of sulfonamides is 1. The van der Waals surface area contributed by atoms with Crippen molar-refractivity contribution in [2.45, 2.75) is 56.5 Å². The second kappa shape index (κ2) is 17.5. The molecule has 6 rings (SSSR count). The number of anilines is 1. The van der Waals surface area contributed by atoms with Crippen LogP contribution >= 0.6 is 12.4 Å². The number of rotatable bonds is 13. The molecule has 1 heterocycles. The van der Waals surface area contributed by atoms with Crippen molar-refractivity contribution in [2.75, 3.05) is 11.9 Å². The molecule has 1 aliphatic carbocycles. The van der Waals surface area contributed by atoms with Crippen molar-refractivity contribution in [3.63, 3.8) is 0 Å². The number of carbonyl (C=O) groups excluding carboxylic acids is 2. The number of aromatic amines is 1. The highest BCUT2D eigenvalue weighted by atomic mass is 35.5. The van der Waals surface area contributed by atoms with Gasteiger partial charge in [-0.15, -0.1) is 17.5 Å². The molecule has 14 heteroatoms. The minimum atomic E-state index is -3.79. The monoisotopic (exact) mass is 742 g/mol. The van der Waals surface area contributed by atoms with Crippen LogP contribution in [0.15, 0.2) is 102 Å². The second-order valence-electron chi connectivity index (χ2n) is 13.0. The molecule has 0 aliphatic heterocycles. The Bertz CT molecular complexity index is 2050. The van der Waals surface area contributed by atoms with Gasteiger partial charge in [0.1, 0.15) is 6.04 Å². The molecule has 0 unspecified atom stereocenters. The van der Waals surface area contributed by atoms with Crippen LogP contribution < -0.4 is 21.1 Å². The standard InChI is InChI=1S/C38H42N8O4S.ClH/c1-25-10-19-33(51(49,50)40-24-27-6-3-2-4-7-27)22-34(25)31-9-5-8-28(20-31)21-35(42-37(47)30-13-11-26(23-39)12-14-30)38(48)41-32-17-15-29(16-18-32)36-43-45-46-44-36;/h2-10,15-20,22,26,30,35,40H,11-14,21,23-24,39H2,1H3,(H,41,48)(H,42,47)(H,43,44,45,46);1H/t26-,30-,35-;/m0./s1. The van der Waals surface area contributed by atoms with E-state index < -0.39 is 16.1 Å². The number of halogens is 1. The number of tetrazole rings is 1. The molecule has 0 saturated heterocycles. The summed E-state index contributed by atoms with van der Waals surface area (Å²) in [5.41, 5.74) is 11.3. The lowest BCUT2D eigenvalue weighted by atomic mass is 9.81. The van der Waals surface area contributed by atoms with Gasteiger partial charge in [-0.3, -0.25) is 9.59 Å². The highest BCUT2D eigenvalue weighted by molar-refractivity contribution is 7.89. The minimum Gasteiger partial charge on any atom is -0.344 e. The van der Waals surface area contributed by atoms with Crippen LogP contribution in [-0.4, -0.2) is 53.4 Å². The molecule has 1 atom stereocenters. The van der Waals surface area contributed by atoms with E-state index in [9.17, 15) is 18.0 Å². The quantitative estimate of drug-likeness (QED) is 0.109. The van der Waals surface area contributed by atoms with E-state index in [0.29, 0.717) is 24.0 Å².